The van der Waals surface area contributed by atoms with Crippen molar-refractivity contribution in [2.24, 2.45) is 0 Å². The smallest absolute Gasteiger partial charge is 0.264 e. The van der Waals surface area contributed by atoms with Gasteiger partial charge in [0.1, 0.15) is 18.3 Å². The summed E-state index contributed by atoms with van der Waals surface area (Å²) in [7, 11) is -3.10. The molecule has 1 aromatic carbocycles. The van der Waals surface area contributed by atoms with E-state index in [2.05, 4.69) is 15.4 Å². The van der Waals surface area contributed by atoms with Crippen LogP contribution in [0.5, 0.6) is 0 Å². The highest BCUT2D eigenvalue weighted by molar-refractivity contribution is 7.91. The van der Waals surface area contributed by atoms with Crippen molar-refractivity contribution in [2.75, 3.05) is 16.8 Å². The number of hydrogen-bond donors (Lipinski definition) is 1. The van der Waals surface area contributed by atoms with Crippen LogP contribution in [0, 0.1) is 6.92 Å². The number of rotatable bonds is 4. The molecule has 2 aromatic heterocycles. The van der Waals surface area contributed by atoms with Gasteiger partial charge in [0.2, 0.25) is 5.91 Å². The van der Waals surface area contributed by atoms with Crippen LogP contribution in [-0.2, 0) is 21.2 Å². The molecule has 1 atom stereocenters. The largest absolute Gasteiger partial charge is 0.324 e. The molecule has 0 radical (unpaired) electrons. The minimum Gasteiger partial charge on any atom is -0.324 e. The molecule has 0 spiro atoms. The van der Waals surface area contributed by atoms with Crippen LogP contribution in [0.1, 0.15) is 18.0 Å². The SMILES string of the molecule is Cc1c(Cl)cccc1NC(=O)Cn1cnc2c(cnn2C2CCS(=O)(=O)C2)c1=O. The molecule has 1 unspecified atom stereocenters. The van der Waals surface area contributed by atoms with Gasteiger partial charge in [-0.25, -0.2) is 18.1 Å². The third-order valence-corrected chi connectivity index (χ3v) is 7.15. The fourth-order valence-electron chi connectivity index (χ4n) is 3.40. The highest BCUT2D eigenvalue weighted by Gasteiger charge is 2.31. The van der Waals surface area contributed by atoms with Gasteiger partial charge in [-0.2, -0.15) is 5.10 Å². The van der Waals surface area contributed by atoms with Crippen LogP contribution in [0.25, 0.3) is 11.0 Å². The fraction of sp³-hybridized carbons (Fsp3) is 0.333. The first-order valence-corrected chi connectivity index (χ1v) is 11.1. The Hall–Kier alpha value is -2.72. The van der Waals surface area contributed by atoms with Gasteiger partial charge in [0.05, 0.1) is 23.7 Å². The summed E-state index contributed by atoms with van der Waals surface area (Å²) < 4.78 is 26.1. The average Bonchev–Trinajstić information content (AvgIpc) is 3.24. The molecule has 1 amide bonds. The summed E-state index contributed by atoms with van der Waals surface area (Å²) in [6.45, 7) is 1.56. The lowest BCUT2D eigenvalue weighted by atomic mass is 10.2. The fourth-order valence-corrected chi connectivity index (χ4v) is 5.27. The lowest BCUT2D eigenvalue weighted by Gasteiger charge is -2.11. The zero-order valence-electron chi connectivity index (χ0n) is 15.5. The van der Waals surface area contributed by atoms with Gasteiger partial charge < -0.3 is 5.32 Å². The number of aromatic nitrogens is 4. The summed E-state index contributed by atoms with van der Waals surface area (Å²) in [5.74, 6) is -0.317. The van der Waals surface area contributed by atoms with E-state index >= 15 is 0 Å². The van der Waals surface area contributed by atoms with E-state index in [9.17, 15) is 18.0 Å². The summed E-state index contributed by atoms with van der Waals surface area (Å²) in [5, 5.41) is 7.68. The normalized spacial score (nSPS) is 18.2. The predicted octanol–water partition coefficient (Wildman–Crippen LogP) is 1.55. The maximum Gasteiger partial charge on any atom is 0.264 e. The molecule has 1 aliphatic heterocycles. The van der Waals surface area contributed by atoms with E-state index in [1.165, 1.54) is 21.8 Å². The molecule has 3 heterocycles. The Kier molecular flexibility index (Phi) is 4.91. The number of benzene rings is 1. The van der Waals surface area contributed by atoms with Crippen molar-refractivity contribution < 1.29 is 13.2 Å². The lowest BCUT2D eigenvalue weighted by Crippen LogP contribution is -2.28. The van der Waals surface area contributed by atoms with E-state index < -0.39 is 21.3 Å². The van der Waals surface area contributed by atoms with E-state index in [0.717, 1.165) is 5.56 Å². The molecular weight excluding hydrogens is 418 g/mol. The molecule has 1 N–H and O–H groups in total. The minimum absolute atomic E-state index is 0.0179. The molecule has 11 heteroatoms. The second kappa shape index (κ2) is 7.27. The number of sulfone groups is 1. The van der Waals surface area contributed by atoms with E-state index in [4.69, 9.17) is 11.6 Å². The van der Waals surface area contributed by atoms with Crippen molar-refractivity contribution in [3.63, 3.8) is 0 Å². The number of anilines is 1. The first-order chi connectivity index (χ1) is 13.7. The van der Waals surface area contributed by atoms with Crippen LogP contribution in [0.2, 0.25) is 5.02 Å². The number of carbonyl (C=O) groups is 1. The Balaban J connectivity index is 1.58. The quantitative estimate of drug-likeness (QED) is 0.664. The Labute approximate surface area is 171 Å². The van der Waals surface area contributed by atoms with Crippen molar-refractivity contribution in [2.45, 2.75) is 25.9 Å². The van der Waals surface area contributed by atoms with Gasteiger partial charge in [0.25, 0.3) is 5.56 Å². The maximum absolute atomic E-state index is 12.7. The predicted molar refractivity (Wildman–Crippen MR) is 109 cm³/mol. The Bertz CT molecular complexity index is 1280. The van der Waals surface area contributed by atoms with Crippen molar-refractivity contribution in [1.82, 2.24) is 19.3 Å². The number of fused-ring (bicyclic) bond motifs is 1. The molecule has 29 heavy (non-hydrogen) atoms. The van der Waals surface area contributed by atoms with E-state index in [1.54, 1.807) is 25.1 Å². The van der Waals surface area contributed by atoms with Gasteiger partial charge in [0.15, 0.2) is 15.5 Å². The molecule has 152 valence electrons. The van der Waals surface area contributed by atoms with Gasteiger partial charge in [-0.3, -0.25) is 14.2 Å². The van der Waals surface area contributed by atoms with Gasteiger partial charge >= 0.3 is 0 Å². The first-order valence-electron chi connectivity index (χ1n) is 8.93. The van der Waals surface area contributed by atoms with Crippen molar-refractivity contribution in [3.8, 4) is 0 Å². The molecule has 3 aromatic rings. The van der Waals surface area contributed by atoms with Crippen LogP contribution in [0.3, 0.4) is 0 Å². The molecular formula is C18H18ClN5O4S. The average molecular weight is 436 g/mol. The minimum atomic E-state index is -3.10. The molecule has 1 aliphatic rings. The molecule has 0 bridgehead atoms. The summed E-state index contributed by atoms with van der Waals surface area (Å²) in [5.41, 5.74) is 1.20. The first kappa shape index (κ1) is 19.6. The van der Waals surface area contributed by atoms with Gasteiger partial charge in [0, 0.05) is 10.7 Å². The molecule has 0 saturated carbocycles. The Morgan fingerprint density at radius 2 is 2.17 bits per heavy atom. The summed E-state index contributed by atoms with van der Waals surface area (Å²) >= 11 is 6.06. The number of carbonyl (C=O) groups excluding carboxylic acids is 1. The van der Waals surface area contributed by atoms with Gasteiger partial charge in [-0.15, -0.1) is 0 Å². The van der Waals surface area contributed by atoms with Gasteiger partial charge in [-0.1, -0.05) is 17.7 Å². The lowest BCUT2D eigenvalue weighted by molar-refractivity contribution is -0.116. The summed E-state index contributed by atoms with van der Waals surface area (Å²) in [6.07, 6.45) is 3.08. The summed E-state index contributed by atoms with van der Waals surface area (Å²) in [6, 6.07) is 4.84. The number of halogens is 1. The third-order valence-electron chi connectivity index (χ3n) is 4.99. The van der Waals surface area contributed by atoms with Crippen LogP contribution in [-0.4, -0.2) is 45.2 Å². The standard InChI is InChI=1S/C18H18ClN5O4S/c1-11-14(19)3-2-4-15(11)22-16(25)8-23-10-20-17-13(18(23)26)7-21-24(17)12-5-6-29(27,28)9-12/h2-4,7,10,12H,5-6,8-9H2,1H3,(H,22,25). The number of amides is 1. The van der Waals surface area contributed by atoms with Crippen molar-refractivity contribution >= 4 is 44.1 Å². The van der Waals surface area contributed by atoms with Crippen LogP contribution in [0.4, 0.5) is 5.69 Å². The highest BCUT2D eigenvalue weighted by atomic mass is 35.5. The van der Waals surface area contributed by atoms with Crippen LogP contribution >= 0.6 is 11.6 Å². The topological polar surface area (TPSA) is 116 Å². The highest BCUT2D eigenvalue weighted by Crippen LogP contribution is 2.25. The van der Waals surface area contributed by atoms with E-state index in [-0.39, 0.29) is 29.5 Å². The molecule has 0 aliphatic carbocycles. The Morgan fingerprint density at radius 1 is 1.38 bits per heavy atom. The van der Waals surface area contributed by atoms with Crippen molar-refractivity contribution in [1.29, 1.82) is 0 Å². The van der Waals surface area contributed by atoms with Gasteiger partial charge in [-0.05, 0) is 31.0 Å². The Morgan fingerprint density at radius 3 is 2.90 bits per heavy atom. The van der Waals surface area contributed by atoms with E-state index in [1.807, 2.05) is 0 Å². The maximum atomic E-state index is 12.7. The zero-order valence-corrected chi connectivity index (χ0v) is 17.1. The number of nitrogens with one attached hydrogen (secondary N) is 1. The molecule has 1 fully saturated rings. The van der Waals surface area contributed by atoms with Crippen molar-refractivity contribution in [3.05, 3.63) is 51.7 Å². The molecule has 9 nitrogen and oxygen atoms in total. The molecule has 4 rings (SSSR count). The monoisotopic (exact) mass is 435 g/mol. The van der Waals surface area contributed by atoms with Crippen LogP contribution in [0.15, 0.2) is 35.5 Å². The van der Waals surface area contributed by atoms with Crippen LogP contribution < -0.4 is 10.9 Å². The van der Waals surface area contributed by atoms with E-state index in [0.29, 0.717) is 22.8 Å². The molecule has 1 saturated heterocycles. The second-order valence-corrected chi connectivity index (χ2v) is 9.66. The second-order valence-electron chi connectivity index (χ2n) is 7.02. The number of hydrogen-bond acceptors (Lipinski definition) is 6. The zero-order chi connectivity index (χ0) is 20.8. The number of nitrogens with zero attached hydrogens (tertiary/aromatic N) is 4. The third kappa shape index (κ3) is 3.77. The summed E-state index contributed by atoms with van der Waals surface area (Å²) in [4.78, 5) is 29.4.